The summed E-state index contributed by atoms with van der Waals surface area (Å²) in [4.78, 5) is 27.2. The van der Waals surface area contributed by atoms with E-state index in [0.29, 0.717) is 32.5 Å². The number of likely N-dealkylation sites (tertiary alicyclic amines) is 1. The Morgan fingerprint density at radius 1 is 1.07 bits per heavy atom. The molecule has 0 bridgehead atoms. The van der Waals surface area contributed by atoms with Gasteiger partial charge in [-0.15, -0.1) is 6.58 Å². The van der Waals surface area contributed by atoms with Crippen molar-refractivity contribution in [2.45, 2.75) is 80.3 Å². The van der Waals surface area contributed by atoms with Crippen LogP contribution in [-0.2, 0) is 14.3 Å². The maximum absolute atomic E-state index is 13.1. The summed E-state index contributed by atoms with van der Waals surface area (Å²) in [6, 6.07) is 0. The standard InChI is InChI=1S/C22H39NO4/c1-10-20(6,7)16-21(8,9)22(17(24)26-11-2)12-14-23(15-13-22)18(25)27-19(3,4)5/h10H,1,11-16H2,2-9H3. The lowest BCUT2D eigenvalue weighted by Gasteiger charge is -2.51. The van der Waals surface area contributed by atoms with E-state index in [1.54, 1.807) is 4.90 Å². The third kappa shape index (κ3) is 5.73. The van der Waals surface area contributed by atoms with E-state index < -0.39 is 11.0 Å². The van der Waals surface area contributed by atoms with Crippen LogP contribution >= 0.6 is 0 Å². The number of allylic oxidation sites excluding steroid dienone is 1. The first-order chi connectivity index (χ1) is 12.2. The highest BCUT2D eigenvalue weighted by Crippen LogP contribution is 2.53. The number of hydrogen-bond donors (Lipinski definition) is 0. The van der Waals surface area contributed by atoms with E-state index in [1.807, 2.05) is 33.8 Å². The molecule has 0 aromatic heterocycles. The molecule has 1 fully saturated rings. The smallest absolute Gasteiger partial charge is 0.410 e. The van der Waals surface area contributed by atoms with E-state index in [1.165, 1.54) is 0 Å². The fraction of sp³-hybridized carbons (Fsp3) is 0.818. The van der Waals surface area contributed by atoms with Gasteiger partial charge in [-0.05, 0) is 57.8 Å². The summed E-state index contributed by atoms with van der Waals surface area (Å²) in [7, 11) is 0. The Bertz CT molecular complexity index is 549. The maximum atomic E-state index is 13.1. The highest BCUT2D eigenvalue weighted by molar-refractivity contribution is 5.79. The maximum Gasteiger partial charge on any atom is 0.410 e. The Balaban J connectivity index is 3.07. The molecule has 0 N–H and O–H groups in total. The summed E-state index contributed by atoms with van der Waals surface area (Å²) in [5, 5.41) is 0. The van der Waals surface area contributed by atoms with Crippen LogP contribution in [0.5, 0.6) is 0 Å². The normalized spacial score (nSPS) is 18.0. The summed E-state index contributed by atoms with van der Waals surface area (Å²) in [5.74, 6) is -0.154. The Labute approximate surface area is 165 Å². The second kappa shape index (κ2) is 8.24. The van der Waals surface area contributed by atoms with Gasteiger partial charge in [-0.3, -0.25) is 4.79 Å². The van der Waals surface area contributed by atoms with Crippen LogP contribution in [0.1, 0.15) is 74.7 Å². The van der Waals surface area contributed by atoms with Crippen molar-refractivity contribution in [2.75, 3.05) is 19.7 Å². The number of piperidine rings is 1. The van der Waals surface area contributed by atoms with Gasteiger partial charge in [0.15, 0.2) is 0 Å². The molecule has 0 aromatic rings. The molecule has 5 nitrogen and oxygen atoms in total. The Hall–Kier alpha value is -1.52. The van der Waals surface area contributed by atoms with E-state index in [2.05, 4.69) is 34.3 Å². The Kier molecular flexibility index (Phi) is 7.17. The zero-order chi connectivity index (χ0) is 21.1. The zero-order valence-electron chi connectivity index (χ0n) is 18.6. The lowest BCUT2D eigenvalue weighted by Crippen LogP contribution is -2.55. The predicted molar refractivity (Wildman–Crippen MR) is 108 cm³/mol. The lowest BCUT2D eigenvalue weighted by atomic mass is 9.56. The van der Waals surface area contributed by atoms with Crippen molar-refractivity contribution in [2.24, 2.45) is 16.2 Å². The summed E-state index contributed by atoms with van der Waals surface area (Å²) in [5.41, 5.74) is -1.54. The quantitative estimate of drug-likeness (QED) is 0.469. The highest BCUT2D eigenvalue weighted by atomic mass is 16.6. The first-order valence-electron chi connectivity index (χ1n) is 9.98. The van der Waals surface area contributed by atoms with Crippen LogP contribution in [0.25, 0.3) is 0 Å². The highest BCUT2D eigenvalue weighted by Gasteiger charge is 2.55. The molecule has 0 spiro atoms. The van der Waals surface area contributed by atoms with E-state index in [9.17, 15) is 9.59 Å². The minimum atomic E-state index is -0.623. The third-order valence-electron chi connectivity index (χ3n) is 5.68. The molecule has 0 saturated carbocycles. The van der Waals surface area contributed by atoms with Crippen LogP contribution in [0.2, 0.25) is 0 Å². The molecule has 1 heterocycles. The van der Waals surface area contributed by atoms with Crippen LogP contribution in [0.3, 0.4) is 0 Å². The van der Waals surface area contributed by atoms with Gasteiger partial charge in [0.05, 0.1) is 12.0 Å². The molecule has 5 heteroatoms. The van der Waals surface area contributed by atoms with Gasteiger partial charge in [-0.25, -0.2) is 4.79 Å². The first-order valence-corrected chi connectivity index (χ1v) is 9.98. The van der Waals surface area contributed by atoms with Crippen LogP contribution < -0.4 is 0 Å². The van der Waals surface area contributed by atoms with E-state index in [4.69, 9.17) is 9.47 Å². The van der Waals surface area contributed by atoms with E-state index in [0.717, 1.165) is 6.42 Å². The fourth-order valence-corrected chi connectivity index (χ4v) is 4.20. The second-order valence-electron chi connectivity index (χ2n) is 10.0. The van der Waals surface area contributed by atoms with Gasteiger partial charge in [-0.1, -0.05) is 33.8 Å². The predicted octanol–water partition coefficient (Wildman–Crippen LogP) is 5.20. The largest absolute Gasteiger partial charge is 0.466 e. The Morgan fingerprint density at radius 2 is 1.59 bits per heavy atom. The van der Waals surface area contributed by atoms with Crippen LogP contribution in [0.15, 0.2) is 12.7 Å². The van der Waals surface area contributed by atoms with Gasteiger partial charge >= 0.3 is 12.1 Å². The molecule has 1 rings (SSSR count). The molecule has 0 unspecified atom stereocenters. The number of carbonyl (C=O) groups is 2. The average molecular weight is 382 g/mol. The fourth-order valence-electron chi connectivity index (χ4n) is 4.20. The number of carbonyl (C=O) groups excluding carboxylic acids is 2. The number of hydrogen-bond acceptors (Lipinski definition) is 4. The summed E-state index contributed by atoms with van der Waals surface area (Å²) < 4.78 is 11.0. The number of ether oxygens (including phenoxy) is 2. The van der Waals surface area contributed by atoms with E-state index in [-0.39, 0.29) is 22.9 Å². The summed E-state index contributed by atoms with van der Waals surface area (Å²) in [6.07, 6.45) is 3.60. The van der Waals surface area contributed by atoms with Crippen LogP contribution in [0, 0.1) is 16.2 Å². The lowest BCUT2D eigenvalue weighted by molar-refractivity contribution is -0.170. The molecule has 1 aliphatic rings. The monoisotopic (exact) mass is 381 g/mol. The molecular formula is C22H39NO4. The van der Waals surface area contributed by atoms with Crippen molar-refractivity contribution < 1.29 is 19.1 Å². The number of amides is 1. The number of rotatable bonds is 6. The van der Waals surface area contributed by atoms with Gasteiger partial charge < -0.3 is 14.4 Å². The molecule has 0 atom stereocenters. The molecule has 0 aromatic carbocycles. The molecule has 0 aliphatic carbocycles. The van der Waals surface area contributed by atoms with Crippen LogP contribution in [0.4, 0.5) is 4.79 Å². The molecule has 0 radical (unpaired) electrons. The van der Waals surface area contributed by atoms with Gasteiger partial charge in [0.2, 0.25) is 0 Å². The van der Waals surface area contributed by atoms with Crippen molar-refractivity contribution in [1.29, 1.82) is 0 Å². The zero-order valence-corrected chi connectivity index (χ0v) is 18.6. The van der Waals surface area contributed by atoms with Gasteiger partial charge in [0.1, 0.15) is 5.60 Å². The van der Waals surface area contributed by atoms with Gasteiger partial charge in [0, 0.05) is 13.1 Å². The third-order valence-corrected chi connectivity index (χ3v) is 5.68. The number of esters is 1. The van der Waals surface area contributed by atoms with Crippen molar-refractivity contribution in [3.05, 3.63) is 12.7 Å². The minimum absolute atomic E-state index is 0.0920. The van der Waals surface area contributed by atoms with E-state index >= 15 is 0 Å². The molecule has 1 amide bonds. The molecule has 27 heavy (non-hydrogen) atoms. The SMILES string of the molecule is C=CC(C)(C)CC(C)(C)C1(C(=O)OCC)CCN(C(=O)OC(C)(C)C)CC1. The molecule has 1 aliphatic heterocycles. The van der Waals surface area contributed by atoms with Gasteiger partial charge in [0.25, 0.3) is 0 Å². The van der Waals surface area contributed by atoms with Crippen molar-refractivity contribution in [1.82, 2.24) is 4.90 Å². The summed E-state index contributed by atoms with van der Waals surface area (Å²) >= 11 is 0. The van der Waals surface area contributed by atoms with Crippen molar-refractivity contribution in [3.8, 4) is 0 Å². The molecular weight excluding hydrogens is 342 g/mol. The molecule has 1 saturated heterocycles. The average Bonchev–Trinajstić information content (AvgIpc) is 2.52. The topological polar surface area (TPSA) is 55.8 Å². The van der Waals surface area contributed by atoms with Crippen molar-refractivity contribution >= 4 is 12.1 Å². The van der Waals surface area contributed by atoms with Crippen molar-refractivity contribution in [3.63, 3.8) is 0 Å². The van der Waals surface area contributed by atoms with Crippen LogP contribution in [-0.4, -0.2) is 42.3 Å². The minimum Gasteiger partial charge on any atom is -0.466 e. The second-order valence-corrected chi connectivity index (χ2v) is 10.0. The number of nitrogens with zero attached hydrogens (tertiary/aromatic N) is 1. The first kappa shape index (κ1) is 23.5. The summed E-state index contributed by atoms with van der Waals surface area (Å²) in [6.45, 7) is 21.2. The Morgan fingerprint density at radius 3 is 2.00 bits per heavy atom. The molecule has 156 valence electrons. The van der Waals surface area contributed by atoms with Gasteiger partial charge in [-0.2, -0.15) is 0 Å².